The van der Waals surface area contributed by atoms with Crippen molar-refractivity contribution in [3.05, 3.63) is 54.2 Å². The molecule has 0 atom stereocenters. The summed E-state index contributed by atoms with van der Waals surface area (Å²) < 4.78 is 0. The molecule has 0 aliphatic rings. The Labute approximate surface area is 94.4 Å². The molecule has 0 aliphatic carbocycles. The summed E-state index contributed by atoms with van der Waals surface area (Å²) in [6.07, 6.45) is 2.95. The van der Waals surface area contributed by atoms with Crippen LogP contribution in [0, 0.1) is 0 Å². The summed E-state index contributed by atoms with van der Waals surface area (Å²) in [4.78, 5) is 0. The van der Waals surface area contributed by atoms with Crippen molar-refractivity contribution in [3.63, 3.8) is 0 Å². The molecular formula is C14H20Si. The lowest BCUT2D eigenvalue weighted by Crippen LogP contribution is -2.16. The normalized spacial score (nSPS) is 12.6. The maximum Gasteiger partial charge on any atom is 0.0691 e. The molecule has 1 aromatic rings. The summed E-state index contributed by atoms with van der Waals surface area (Å²) in [5.41, 5.74) is 5.22. The average molecular weight is 216 g/mol. The second-order valence-electron chi connectivity index (χ2n) is 4.89. The molecule has 0 amide bonds. The van der Waals surface area contributed by atoms with E-state index in [-0.39, 0.29) is 0 Å². The second kappa shape index (κ2) is 5.13. The van der Waals surface area contributed by atoms with E-state index in [1.165, 1.54) is 11.1 Å². The zero-order valence-electron chi connectivity index (χ0n) is 9.96. The van der Waals surface area contributed by atoms with Crippen LogP contribution in [0.3, 0.4) is 0 Å². The van der Waals surface area contributed by atoms with Crippen LogP contribution in [0.4, 0.5) is 0 Å². The summed E-state index contributed by atoms with van der Waals surface area (Å²) >= 11 is 0. The Morgan fingerprint density at radius 1 is 1.20 bits per heavy atom. The molecule has 15 heavy (non-hydrogen) atoms. The minimum Gasteiger partial charge on any atom is -0.103 e. The monoisotopic (exact) mass is 216 g/mol. The number of benzene rings is 1. The molecule has 80 valence electrons. The van der Waals surface area contributed by atoms with Gasteiger partial charge >= 0.3 is 0 Å². The zero-order chi connectivity index (χ0) is 11.3. The van der Waals surface area contributed by atoms with Crippen LogP contribution in [0.25, 0.3) is 5.57 Å². The molecule has 0 nitrogen and oxygen atoms in total. The molecule has 1 aromatic carbocycles. The lowest BCUT2D eigenvalue weighted by atomic mass is 10.1. The maximum absolute atomic E-state index is 3.83. The van der Waals surface area contributed by atoms with E-state index in [1.54, 1.807) is 0 Å². The number of hydrogen-bond acceptors (Lipinski definition) is 0. The first kappa shape index (κ1) is 12.0. The largest absolute Gasteiger partial charge is 0.103 e. The molecule has 0 unspecified atom stereocenters. The van der Waals surface area contributed by atoms with Gasteiger partial charge in [-0.05, 0) is 17.6 Å². The summed E-state index contributed by atoms with van der Waals surface area (Å²) in [5.74, 6) is 0. The molecule has 0 N–H and O–H groups in total. The number of hydrogen-bond donors (Lipinski definition) is 0. The van der Waals surface area contributed by atoms with E-state index in [0.29, 0.717) is 0 Å². The standard InChI is InChI=1S/C14H20Si/c1-5-9-14(12-15(2,3)4)13-10-7-6-8-11-13/h5-8,10-12H,1,9H2,2-4H3/b14-12+. The summed E-state index contributed by atoms with van der Waals surface area (Å²) in [6, 6.07) is 10.6. The molecule has 0 saturated heterocycles. The molecule has 0 bridgehead atoms. The Hall–Kier alpha value is -1.08. The van der Waals surface area contributed by atoms with Crippen LogP contribution in [0.15, 0.2) is 48.7 Å². The van der Waals surface area contributed by atoms with Gasteiger partial charge in [0.25, 0.3) is 0 Å². The van der Waals surface area contributed by atoms with Gasteiger partial charge in [-0.3, -0.25) is 0 Å². The predicted molar refractivity (Wildman–Crippen MR) is 72.6 cm³/mol. The fourth-order valence-electron chi connectivity index (χ4n) is 1.59. The van der Waals surface area contributed by atoms with Crippen molar-refractivity contribution in [2.75, 3.05) is 0 Å². The quantitative estimate of drug-likeness (QED) is 0.512. The first-order valence-electron chi connectivity index (χ1n) is 5.41. The van der Waals surface area contributed by atoms with Gasteiger partial charge in [0.1, 0.15) is 0 Å². The fraction of sp³-hybridized carbons (Fsp3) is 0.286. The van der Waals surface area contributed by atoms with Crippen LogP contribution >= 0.6 is 0 Å². The maximum atomic E-state index is 3.83. The van der Waals surface area contributed by atoms with E-state index in [4.69, 9.17) is 0 Å². The van der Waals surface area contributed by atoms with Crippen LogP contribution in [-0.2, 0) is 0 Å². The minimum atomic E-state index is -1.15. The predicted octanol–water partition coefficient (Wildman–Crippen LogP) is 4.52. The van der Waals surface area contributed by atoms with Crippen LogP contribution in [0.1, 0.15) is 12.0 Å². The molecule has 0 fully saturated rings. The van der Waals surface area contributed by atoms with Crippen molar-refractivity contribution in [3.8, 4) is 0 Å². The van der Waals surface area contributed by atoms with E-state index < -0.39 is 8.07 Å². The number of allylic oxidation sites excluding steroid dienone is 2. The van der Waals surface area contributed by atoms with Crippen LogP contribution < -0.4 is 0 Å². The smallest absolute Gasteiger partial charge is 0.0691 e. The number of rotatable bonds is 4. The highest BCUT2D eigenvalue weighted by atomic mass is 28.3. The first-order chi connectivity index (χ1) is 7.03. The molecule has 1 heteroatoms. The van der Waals surface area contributed by atoms with Crippen molar-refractivity contribution in [1.29, 1.82) is 0 Å². The van der Waals surface area contributed by atoms with Gasteiger partial charge in [-0.2, -0.15) is 0 Å². The fourth-order valence-corrected chi connectivity index (χ4v) is 2.92. The third kappa shape index (κ3) is 4.30. The van der Waals surface area contributed by atoms with Crippen LogP contribution in [-0.4, -0.2) is 8.07 Å². The molecule has 0 aliphatic heterocycles. The molecule has 0 heterocycles. The highest BCUT2D eigenvalue weighted by molar-refractivity contribution is 6.81. The summed E-state index contributed by atoms with van der Waals surface area (Å²) in [6.45, 7) is 10.9. The average Bonchev–Trinajstić information content (AvgIpc) is 2.17. The lowest BCUT2D eigenvalue weighted by Gasteiger charge is -2.14. The van der Waals surface area contributed by atoms with Crippen molar-refractivity contribution >= 4 is 13.6 Å². The Bertz CT molecular complexity index is 341. The lowest BCUT2D eigenvalue weighted by molar-refractivity contribution is 1.40. The van der Waals surface area contributed by atoms with Crippen molar-refractivity contribution in [2.45, 2.75) is 26.1 Å². The molecule has 0 aromatic heterocycles. The first-order valence-corrected chi connectivity index (χ1v) is 8.99. The van der Waals surface area contributed by atoms with Crippen molar-refractivity contribution < 1.29 is 0 Å². The Balaban J connectivity index is 3.04. The molecule has 1 rings (SSSR count). The minimum absolute atomic E-state index is 0.967. The van der Waals surface area contributed by atoms with Gasteiger partial charge in [-0.25, -0.2) is 0 Å². The van der Waals surface area contributed by atoms with Gasteiger partial charge < -0.3 is 0 Å². The Morgan fingerprint density at radius 2 is 1.80 bits per heavy atom. The van der Waals surface area contributed by atoms with E-state index >= 15 is 0 Å². The highest BCUT2D eigenvalue weighted by Crippen LogP contribution is 2.21. The van der Waals surface area contributed by atoms with Gasteiger partial charge in [-0.15, -0.1) is 6.58 Å². The topological polar surface area (TPSA) is 0 Å². The van der Waals surface area contributed by atoms with E-state index in [1.807, 2.05) is 6.08 Å². The van der Waals surface area contributed by atoms with Gasteiger partial charge in [-0.1, -0.05) is 61.7 Å². The van der Waals surface area contributed by atoms with Gasteiger partial charge in [0.2, 0.25) is 0 Å². The van der Waals surface area contributed by atoms with Gasteiger partial charge in [0.05, 0.1) is 8.07 Å². The molecule has 0 saturated carbocycles. The van der Waals surface area contributed by atoms with Crippen molar-refractivity contribution in [1.82, 2.24) is 0 Å². The highest BCUT2D eigenvalue weighted by Gasteiger charge is 2.11. The third-order valence-electron chi connectivity index (χ3n) is 2.12. The Kier molecular flexibility index (Phi) is 4.10. The van der Waals surface area contributed by atoms with Gasteiger partial charge in [0, 0.05) is 0 Å². The van der Waals surface area contributed by atoms with E-state index in [2.05, 4.69) is 62.3 Å². The molecule has 0 spiro atoms. The second-order valence-corrected chi connectivity index (χ2v) is 9.92. The van der Waals surface area contributed by atoms with E-state index in [0.717, 1.165) is 6.42 Å². The summed E-state index contributed by atoms with van der Waals surface area (Å²) in [7, 11) is -1.15. The molecular weight excluding hydrogens is 196 g/mol. The zero-order valence-corrected chi connectivity index (χ0v) is 11.0. The van der Waals surface area contributed by atoms with E-state index in [9.17, 15) is 0 Å². The van der Waals surface area contributed by atoms with Crippen molar-refractivity contribution in [2.24, 2.45) is 0 Å². The van der Waals surface area contributed by atoms with Gasteiger partial charge in [0.15, 0.2) is 0 Å². The molecule has 0 radical (unpaired) electrons. The van der Waals surface area contributed by atoms with Crippen LogP contribution in [0.2, 0.25) is 19.6 Å². The summed E-state index contributed by atoms with van der Waals surface area (Å²) in [5, 5.41) is 0. The SMILES string of the molecule is C=CC/C(=C\[Si](C)(C)C)c1ccccc1. The Morgan fingerprint density at radius 3 is 2.27 bits per heavy atom. The third-order valence-corrected chi connectivity index (χ3v) is 3.33. The van der Waals surface area contributed by atoms with Crippen LogP contribution in [0.5, 0.6) is 0 Å².